The molecule has 0 saturated carbocycles. The molecule has 1 aliphatic heterocycles. The van der Waals surface area contributed by atoms with Gasteiger partial charge in [0.15, 0.2) is 0 Å². The third-order valence-electron chi connectivity index (χ3n) is 2.14. The van der Waals surface area contributed by atoms with E-state index in [9.17, 15) is 4.79 Å². The third kappa shape index (κ3) is 2.88. The van der Waals surface area contributed by atoms with E-state index in [4.69, 9.17) is 5.11 Å². The normalized spacial score (nSPS) is 34.0. The van der Waals surface area contributed by atoms with Crippen LogP contribution in [0.2, 0.25) is 0 Å². The Morgan fingerprint density at radius 2 is 2.38 bits per heavy atom. The lowest BCUT2D eigenvalue weighted by Crippen LogP contribution is -2.43. The average Bonchev–Trinajstić information content (AvgIpc) is 2.29. The van der Waals surface area contributed by atoms with Crippen molar-refractivity contribution in [1.82, 2.24) is 5.32 Å². The summed E-state index contributed by atoms with van der Waals surface area (Å²) in [5, 5.41) is 12.0. The fourth-order valence-electron chi connectivity index (χ4n) is 1.75. The fraction of sp³-hybridized carbons (Fsp3) is 0.889. The van der Waals surface area contributed by atoms with E-state index in [1.54, 1.807) is 11.8 Å². The Morgan fingerprint density at radius 1 is 1.77 bits per heavy atom. The molecule has 2 atom stereocenters. The molecule has 0 aliphatic carbocycles. The fourth-order valence-corrected chi connectivity index (χ4v) is 3.19. The second-order valence-electron chi connectivity index (χ2n) is 4.17. The van der Waals surface area contributed by atoms with Gasteiger partial charge >= 0.3 is 5.97 Å². The molecule has 0 aromatic heterocycles. The number of hydrogen-bond donors (Lipinski definition) is 2. The van der Waals surface area contributed by atoms with Gasteiger partial charge in [-0.1, -0.05) is 13.8 Å². The summed E-state index contributed by atoms with van der Waals surface area (Å²) in [6.07, 6.45) is 1.02. The van der Waals surface area contributed by atoms with Crippen LogP contribution in [0, 0.1) is 5.92 Å². The van der Waals surface area contributed by atoms with Crippen molar-refractivity contribution in [1.29, 1.82) is 0 Å². The third-order valence-corrected chi connectivity index (χ3v) is 3.57. The van der Waals surface area contributed by atoms with E-state index in [0.29, 0.717) is 11.7 Å². The number of thioether (sulfide) groups is 1. The molecule has 76 valence electrons. The van der Waals surface area contributed by atoms with E-state index in [2.05, 4.69) is 26.1 Å². The van der Waals surface area contributed by atoms with Gasteiger partial charge in [-0.25, -0.2) is 0 Å². The molecule has 1 unspecified atom stereocenters. The molecule has 4 heteroatoms. The summed E-state index contributed by atoms with van der Waals surface area (Å²) in [5.74, 6) is 0.538. The van der Waals surface area contributed by atoms with Crippen molar-refractivity contribution in [3.63, 3.8) is 0 Å². The topological polar surface area (TPSA) is 49.3 Å². The Labute approximate surface area is 83.3 Å². The van der Waals surface area contributed by atoms with Crippen LogP contribution in [-0.2, 0) is 4.79 Å². The molecule has 1 saturated heterocycles. The predicted octanol–water partition coefficient (Wildman–Crippen LogP) is 1.54. The Bertz CT molecular complexity index is 208. The van der Waals surface area contributed by atoms with Crippen molar-refractivity contribution in [3.05, 3.63) is 0 Å². The largest absolute Gasteiger partial charge is 0.480 e. The molecule has 1 heterocycles. The molecule has 0 spiro atoms. The van der Waals surface area contributed by atoms with E-state index in [0.717, 1.165) is 6.42 Å². The van der Waals surface area contributed by atoms with Crippen LogP contribution in [0.15, 0.2) is 0 Å². The number of carboxylic acids is 1. The maximum Gasteiger partial charge on any atom is 0.321 e. The highest BCUT2D eigenvalue weighted by atomic mass is 32.2. The minimum absolute atomic E-state index is 0.0444. The van der Waals surface area contributed by atoms with Gasteiger partial charge in [0.1, 0.15) is 6.04 Å². The molecule has 1 aliphatic rings. The number of rotatable bonds is 3. The highest BCUT2D eigenvalue weighted by Gasteiger charge is 2.38. The smallest absolute Gasteiger partial charge is 0.321 e. The molecule has 0 radical (unpaired) electrons. The van der Waals surface area contributed by atoms with E-state index < -0.39 is 5.97 Å². The van der Waals surface area contributed by atoms with Gasteiger partial charge in [0, 0.05) is 5.75 Å². The Balaban J connectivity index is 2.51. The van der Waals surface area contributed by atoms with Gasteiger partial charge in [-0.15, -0.1) is 11.8 Å². The number of nitrogens with one attached hydrogen (secondary N) is 1. The van der Waals surface area contributed by atoms with E-state index in [1.165, 1.54) is 0 Å². The molecule has 0 aromatic carbocycles. The van der Waals surface area contributed by atoms with Crippen LogP contribution in [0.1, 0.15) is 27.2 Å². The van der Waals surface area contributed by atoms with Crippen LogP contribution in [0.5, 0.6) is 0 Å². The lowest BCUT2D eigenvalue weighted by molar-refractivity contribution is -0.138. The highest BCUT2D eigenvalue weighted by molar-refractivity contribution is 8.00. The van der Waals surface area contributed by atoms with Crippen molar-refractivity contribution in [2.75, 3.05) is 5.75 Å². The molecule has 2 N–H and O–H groups in total. The van der Waals surface area contributed by atoms with Gasteiger partial charge in [0.05, 0.1) is 4.87 Å². The van der Waals surface area contributed by atoms with Crippen molar-refractivity contribution in [2.45, 2.75) is 38.1 Å². The molecular formula is C9H17NO2S. The van der Waals surface area contributed by atoms with Gasteiger partial charge < -0.3 is 5.11 Å². The Kier molecular flexibility index (Phi) is 3.24. The SMILES string of the molecule is CC(C)CC1(C)N[C@@H](C(=O)O)CS1. The number of carbonyl (C=O) groups is 1. The number of carboxylic acid groups (broad SMARTS) is 1. The monoisotopic (exact) mass is 203 g/mol. The quantitative estimate of drug-likeness (QED) is 0.730. The first kappa shape index (κ1) is 10.9. The molecule has 1 rings (SSSR count). The van der Waals surface area contributed by atoms with Crippen molar-refractivity contribution >= 4 is 17.7 Å². The summed E-state index contributed by atoms with van der Waals surface area (Å²) in [4.78, 5) is 10.7. The maximum atomic E-state index is 10.7. The van der Waals surface area contributed by atoms with Crippen molar-refractivity contribution < 1.29 is 9.90 Å². The second kappa shape index (κ2) is 3.88. The maximum absolute atomic E-state index is 10.7. The van der Waals surface area contributed by atoms with Crippen LogP contribution >= 0.6 is 11.8 Å². The summed E-state index contributed by atoms with van der Waals surface area (Å²) in [5.41, 5.74) is 0. The van der Waals surface area contributed by atoms with Crippen molar-refractivity contribution in [3.8, 4) is 0 Å². The molecule has 13 heavy (non-hydrogen) atoms. The predicted molar refractivity (Wildman–Crippen MR) is 54.9 cm³/mol. The van der Waals surface area contributed by atoms with Crippen LogP contribution < -0.4 is 5.32 Å². The molecule has 0 aromatic rings. The highest BCUT2D eigenvalue weighted by Crippen LogP contribution is 2.35. The minimum atomic E-state index is -0.736. The molecule has 0 amide bonds. The zero-order valence-corrected chi connectivity index (χ0v) is 9.15. The number of aliphatic carboxylic acids is 1. The lowest BCUT2D eigenvalue weighted by Gasteiger charge is -2.26. The molecule has 1 fully saturated rings. The zero-order valence-electron chi connectivity index (χ0n) is 8.33. The Hall–Kier alpha value is -0.220. The summed E-state index contributed by atoms with van der Waals surface area (Å²) in [6, 6.07) is -0.367. The van der Waals surface area contributed by atoms with E-state index in [-0.39, 0.29) is 10.9 Å². The van der Waals surface area contributed by atoms with Crippen LogP contribution in [0.3, 0.4) is 0 Å². The standard InChI is InChI=1S/C9H17NO2S/c1-6(2)4-9(3)10-7(5-13-9)8(11)12/h6-7,10H,4-5H2,1-3H3,(H,11,12)/t7-,9?/m1/s1. The molecule has 3 nitrogen and oxygen atoms in total. The van der Waals surface area contributed by atoms with Crippen LogP contribution in [0.25, 0.3) is 0 Å². The summed E-state index contributed by atoms with van der Waals surface area (Å²) < 4.78 is 0. The summed E-state index contributed by atoms with van der Waals surface area (Å²) in [6.45, 7) is 6.39. The Morgan fingerprint density at radius 3 is 2.77 bits per heavy atom. The number of hydrogen-bond acceptors (Lipinski definition) is 3. The van der Waals surface area contributed by atoms with Gasteiger partial charge in [-0.05, 0) is 19.3 Å². The lowest BCUT2D eigenvalue weighted by atomic mass is 10.0. The van der Waals surface area contributed by atoms with Gasteiger partial charge in [0.2, 0.25) is 0 Å². The van der Waals surface area contributed by atoms with Crippen LogP contribution in [-0.4, -0.2) is 27.7 Å². The van der Waals surface area contributed by atoms with E-state index in [1.807, 2.05) is 0 Å². The molecular weight excluding hydrogens is 186 g/mol. The summed E-state index contributed by atoms with van der Waals surface area (Å²) in [7, 11) is 0. The van der Waals surface area contributed by atoms with Gasteiger partial charge in [0.25, 0.3) is 0 Å². The second-order valence-corrected chi connectivity index (χ2v) is 5.70. The average molecular weight is 203 g/mol. The first-order valence-electron chi connectivity index (χ1n) is 4.57. The van der Waals surface area contributed by atoms with Crippen molar-refractivity contribution in [2.24, 2.45) is 5.92 Å². The van der Waals surface area contributed by atoms with E-state index >= 15 is 0 Å². The first-order valence-corrected chi connectivity index (χ1v) is 5.56. The molecule has 0 bridgehead atoms. The zero-order chi connectivity index (χ0) is 10.1. The van der Waals surface area contributed by atoms with Crippen LogP contribution in [0.4, 0.5) is 0 Å². The van der Waals surface area contributed by atoms with Gasteiger partial charge in [-0.3, -0.25) is 10.1 Å². The van der Waals surface area contributed by atoms with Gasteiger partial charge in [-0.2, -0.15) is 0 Å². The summed E-state index contributed by atoms with van der Waals surface area (Å²) >= 11 is 1.72. The first-order chi connectivity index (χ1) is 5.93. The minimum Gasteiger partial charge on any atom is -0.480 e.